The van der Waals surface area contributed by atoms with Crippen LogP contribution in [0.25, 0.3) is 0 Å². The fourth-order valence-electron chi connectivity index (χ4n) is 1.98. The summed E-state index contributed by atoms with van der Waals surface area (Å²) in [5.41, 5.74) is 1.45. The Morgan fingerprint density at radius 1 is 1.25 bits per heavy atom. The lowest BCUT2D eigenvalue weighted by Gasteiger charge is -2.34. The van der Waals surface area contributed by atoms with E-state index in [1.165, 1.54) is 37.0 Å². The minimum absolute atomic E-state index is 0.655. The predicted octanol–water partition coefficient (Wildman–Crippen LogP) is 5.15. The van der Waals surface area contributed by atoms with E-state index in [0.717, 1.165) is 17.1 Å². The Balaban J connectivity index is 2.40. The maximum absolute atomic E-state index is 4.25. The van der Waals surface area contributed by atoms with Crippen molar-refractivity contribution in [2.24, 2.45) is 17.8 Å². The minimum Gasteiger partial charge on any atom is -0.158 e. The Kier molecular flexibility index (Phi) is 5.96. The normalized spacial score (nSPS) is 18.9. The molecular weight excluding hydrogens is 212 g/mol. The molecule has 0 aromatic rings. The highest BCUT2D eigenvalue weighted by Gasteiger charge is 2.28. The molecule has 0 heterocycles. The van der Waals surface area contributed by atoms with Gasteiger partial charge in [0.1, 0.15) is 0 Å². The average Bonchev–Trinajstić information content (AvgIpc) is 2.10. The molecule has 1 fully saturated rings. The summed E-state index contributed by atoms with van der Waals surface area (Å²) in [6.45, 7) is 13.4. The van der Waals surface area contributed by atoms with Crippen molar-refractivity contribution in [2.75, 3.05) is 5.75 Å². The van der Waals surface area contributed by atoms with Gasteiger partial charge in [-0.25, -0.2) is 0 Å². The molecule has 1 saturated carbocycles. The summed E-state index contributed by atoms with van der Waals surface area (Å²) in [5.74, 6) is 3.77. The zero-order chi connectivity index (χ0) is 12.1. The van der Waals surface area contributed by atoms with Crippen LogP contribution in [-0.2, 0) is 0 Å². The Morgan fingerprint density at radius 3 is 2.25 bits per heavy atom. The van der Waals surface area contributed by atoms with Crippen LogP contribution in [0.15, 0.2) is 12.2 Å². The van der Waals surface area contributed by atoms with Gasteiger partial charge in [-0.05, 0) is 42.8 Å². The summed E-state index contributed by atoms with van der Waals surface area (Å²) >= 11 is 2.20. The maximum atomic E-state index is 4.25. The molecule has 0 nitrogen and oxygen atoms in total. The van der Waals surface area contributed by atoms with Gasteiger partial charge in [-0.15, -0.1) is 0 Å². The monoisotopic (exact) mass is 240 g/mol. The molecule has 1 aliphatic carbocycles. The summed E-state index contributed by atoms with van der Waals surface area (Å²) < 4.78 is 0. The van der Waals surface area contributed by atoms with Crippen molar-refractivity contribution in [3.8, 4) is 0 Å². The average molecular weight is 240 g/mol. The summed E-state index contributed by atoms with van der Waals surface area (Å²) in [6, 6.07) is 0. The van der Waals surface area contributed by atoms with Gasteiger partial charge >= 0.3 is 0 Å². The molecule has 0 radical (unpaired) electrons. The number of allylic oxidation sites excluding steroid dienone is 1. The molecule has 1 atom stereocenters. The summed E-state index contributed by atoms with van der Waals surface area (Å²) in [6.07, 6.45) is 5.62. The predicted molar refractivity (Wildman–Crippen MR) is 77.0 cm³/mol. The Labute approximate surface area is 106 Å². The summed E-state index contributed by atoms with van der Waals surface area (Å²) in [7, 11) is 0. The van der Waals surface area contributed by atoms with E-state index < -0.39 is 0 Å². The first-order valence-electron chi connectivity index (χ1n) is 6.80. The summed E-state index contributed by atoms with van der Waals surface area (Å²) in [4.78, 5) is 0. The van der Waals surface area contributed by atoms with E-state index >= 15 is 0 Å². The van der Waals surface area contributed by atoms with E-state index in [-0.39, 0.29) is 0 Å². The molecule has 0 aliphatic heterocycles. The van der Waals surface area contributed by atoms with Gasteiger partial charge in [-0.3, -0.25) is 0 Å². The van der Waals surface area contributed by atoms with Crippen molar-refractivity contribution in [3.05, 3.63) is 12.2 Å². The van der Waals surface area contributed by atoms with E-state index in [1.807, 2.05) is 0 Å². The Morgan fingerprint density at radius 2 is 1.88 bits per heavy atom. The van der Waals surface area contributed by atoms with Crippen molar-refractivity contribution in [3.63, 3.8) is 0 Å². The zero-order valence-corrected chi connectivity index (χ0v) is 12.3. The third kappa shape index (κ3) is 4.53. The molecule has 0 N–H and O–H groups in total. The molecule has 0 saturated heterocycles. The van der Waals surface area contributed by atoms with Gasteiger partial charge in [0.2, 0.25) is 0 Å². The van der Waals surface area contributed by atoms with Gasteiger partial charge in [0.05, 0.1) is 0 Å². The maximum Gasteiger partial charge on any atom is 0.0113 e. The van der Waals surface area contributed by atoms with E-state index in [9.17, 15) is 0 Å². The van der Waals surface area contributed by atoms with Gasteiger partial charge in [-0.1, -0.05) is 46.3 Å². The van der Waals surface area contributed by atoms with Gasteiger partial charge in [0.25, 0.3) is 0 Å². The highest BCUT2D eigenvalue weighted by atomic mass is 32.2. The van der Waals surface area contributed by atoms with Crippen LogP contribution in [0.5, 0.6) is 0 Å². The molecule has 0 aromatic heterocycles. The molecule has 94 valence electrons. The highest BCUT2D eigenvalue weighted by Crippen LogP contribution is 2.40. The number of hydrogen-bond donors (Lipinski definition) is 0. The number of rotatable bonds is 7. The van der Waals surface area contributed by atoms with Crippen molar-refractivity contribution in [2.45, 2.75) is 58.6 Å². The van der Waals surface area contributed by atoms with E-state index in [4.69, 9.17) is 0 Å². The molecule has 0 amide bonds. The molecule has 0 aromatic carbocycles. The van der Waals surface area contributed by atoms with Crippen LogP contribution in [0.3, 0.4) is 0 Å². The van der Waals surface area contributed by atoms with Crippen LogP contribution in [0.1, 0.15) is 53.4 Å². The SMILES string of the molecule is C=C(CC(SCC(C)C)C1CCC1)C(C)C. The van der Waals surface area contributed by atoms with Crippen molar-refractivity contribution in [1.29, 1.82) is 0 Å². The van der Waals surface area contributed by atoms with E-state index in [1.54, 1.807) is 0 Å². The summed E-state index contributed by atoms with van der Waals surface area (Å²) in [5, 5.41) is 0.853. The molecule has 1 unspecified atom stereocenters. The van der Waals surface area contributed by atoms with Crippen molar-refractivity contribution >= 4 is 11.8 Å². The van der Waals surface area contributed by atoms with Crippen LogP contribution >= 0.6 is 11.8 Å². The first kappa shape index (κ1) is 14.2. The van der Waals surface area contributed by atoms with Gasteiger partial charge in [-0.2, -0.15) is 11.8 Å². The van der Waals surface area contributed by atoms with Crippen LogP contribution in [0.4, 0.5) is 0 Å². The van der Waals surface area contributed by atoms with E-state index in [2.05, 4.69) is 46.0 Å². The van der Waals surface area contributed by atoms with Crippen molar-refractivity contribution < 1.29 is 0 Å². The lowest BCUT2D eigenvalue weighted by molar-refractivity contribution is 0.303. The molecule has 0 spiro atoms. The quantitative estimate of drug-likeness (QED) is 0.555. The molecule has 0 bridgehead atoms. The largest absolute Gasteiger partial charge is 0.158 e. The molecule has 16 heavy (non-hydrogen) atoms. The minimum atomic E-state index is 0.655. The Hall–Kier alpha value is 0.0900. The van der Waals surface area contributed by atoms with E-state index in [0.29, 0.717) is 5.92 Å². The van der Waals surface area contributed by atoms with Gasteiger partial charge < -0.3 is 0 Å². The smallest absolute Gasteiger partial charge is 0.0113 e. The van der Waals surface area contributed by atoms with Gasteiger partial charge in [0, 0.05) is 5.25 Å². The second-order valence-electron chi connectivity index (χ2n) is 5.97. The molecule has 1 rings (SSSR count). The standard InChI is InChI=1S/C15H28S/c1-11(2)10-16-15(14-7-6-8-14)9-13(5)12(3)4/h11-12,14-15H,5-10H2,1-4H3. The van der Waals surface area contributed by atoms with Crippen molar-refractivity contribution in [1.82, 2.24) is 0 Å². The van der Waals surface area contributed by atoms with Crippen LogP contribution in [0.2, 0.25) is 0 Å². The Bertz CT molecular complexity index is 213. The fourth-order valence-corrected chi connectivity index (χ4v) is 3.49. The molecular formula is C15H28S. The van der Waals surface area contributed by atoms with Crippen LogP contribution in [-0.4, -0.2) is 11.0 Å². The zero-order valence-electron chi connectivity index (χ0n) is 11.5. The first-order valence-corrected chi connectivity index (χ1v) is 7.84. The third-order valence-corrected chi connectivity index (χ3v) is 5.44. The molecule has 1 aliphatic rings. The van der Waals surface area contributed by atoms with Crippen LogP contribution < -0.4 is 0 Å². The second-order valence-corrected chi connectivity index (χ2v) is 7.25. The molecule has 1 heteroatoms. The first-order chi connectivity index (χ1) is 7.50. The second kappa shape index (κ2) is 6.74. The topological polar surface area (TPSA) is 0 Å². The van der Waals surface area contributed by atoms with Gasteiger partial charge in [0.15, 0.2) is 0 Å². The number of thioether (sulfide) groups is 1. The lowest BCUT2D eigenvalue weighted by atomic mass is 9.80. The lowest BCUT2D eigenvalue weighted by Crippen LogP contribution is -2.26. The fraction of sp³-hybridized carbons (Fsp3) is 0.867. The van der Waals surface area contributed by atoms with Crippen LogP contribution in [0, 0.1) is 17.8 Å². The third-order valence-electron chi connectivity index (χ3n) is 3.60. The number of hydrogen-bond acceptors (Lipinski definition) is 1. The highest BCUT2D eigenvalue weighted by molar-refractivity contribution is 7.99.